The molecule has 3 nitrogen and oxygen atoms in total. The predicted octanol–water partition coefficient (Wildman–Crippen LogP) is 11.0. The number of allylic oxidation sites excluding steroid dienone is 6. The van der Waals surface area contributed by atoms with Crippen LogP contribution in [0.5, 0.6) is 0 Å². The Morgan fingerprint density at radius 3 is 2.09 bits per heavy atom. The Labute approximate surface area is 274 Å². The zero-order chi connectivity index (χ0) is 32.5. The SMILES string of the molecule is CC(C)CCCCCCCC(=O)CCCCCN1C(=CC=CC=CC2=[N+](C)c3ccccc3C2(C)C)C(C)(C)c2ccccc21. The summed E-state index contributed by atoms with van der Waals surface area (Å²) in [6.45, 7) is 14.9. The van der Waals surface area contributed by atoms with Crippen molar-refractivity contribution in [1.29, 1.82) is 0 Å². The van der Waals surface area contributed by atoms with Crippen molar-refractivity contribution in [3.05, 3.63) is 95.7 Å². The Kier molecular flexibility index (Phi) is 12.2. The number of rotatable bonds is 17. The lowest BCUT2D eigenvalue weighted by atomic mass is 9.81. The number of para-hydroxylation sites is 2. The second kappa shape index (κ2) is 15.9. The van der Waals surface area contributed by atoms with Crippen molar-refractivity contribution in [3.63, 3.8) is 0 Å². The van der Waals surface area contributed by atoms with Gasteiger partial charge < -0.3 is 4.90 Å². The third-order valence-electron chi connectivity index (χ3n) is 10.0. The van der Waals surface area contributed by atoms with Crippen molar-refractivity contribution in [1.82, 2.24) is 0 Å². The highest BCUT2D eigenvalue weighted by molar-refractivity contribution is 6.03. The Balaban J connectivity index is 1.30. The fourth-order valence-electron chi connectivity index (χ4n) is 7.34. The van der Waals surface area contributed by atoms with Gasteiger partial charge in [-0.1, -0.05) is 121 Å². The quantitative estimate of drug-likeness (QED) is 0.101. The molecule has 0 unspecified atom stereocenters. The molecule has 3 heteroatoms. The van der Waals surface area contributed by atoms with Crippen LogP contribution in [0.2, 0.25) is 0 Å². The number of hydrogen-bond acceptors (Lipinski definition) is 2. The number of carbonyl (C=O) groups is 1. The molecular weight excluding hydrogens is 548 g/mol. The normalized spacial score (nSPS) is 17.8. The third kappa shape index (κ3) is 8.54. The van der Waals surface area contributed by atoms with Crippen molar-refractivity contribution in [3.8, 4) is 0 Å². The minimum Gasteiger partial charge on any atom is -0.344 e. The van der Waals surface area contributed by atoms with Crippen molar-refractivity contribution in [2.45, 2.75) is 123 Å². The second-order valence-corrected chi connectivity index (χ2v) is 14.7. The van der Waals surface area contributed by atoms with Gasteiger partial charge in [0, 0.05) is 53.9 Å². The van der Waals surface area contributed by atoms with Gasteiger partial charge in [0.15, 0.2) is 5.71 Å². The number of fused-ring (bicyclic) bond motifs is 2. The minimum atomic E-state index is -0.0561. The molecule has 0 bridgehead atoms. The first-order chi connectivity index (χ1) is 21.5. The summed E-state index contributed by atoms with van der Waals surface area (Å²) >= 11 is 0. The first-order valence-corrected chi connectivity index (χ1v) is 17.7. The van der Waals surface area contributed by atoms with E-state index in [0.717, 1.165) is 51.0 Å². The fourth-order valence-corrected chi connectivity index (χ4v) is 7.34. The van der Waals surface area contributed by atoms with Gasteiger partial charge in [-0.05, 0) is 56.7 Å². The molecule has 45 heavy (non-hydrogen) atoms. The van der Waals surface area contributed by atoms with Crippen LogP contribution in [-0.2, 0) is 15.6 Å². The van der Waals surface area contributed by atoms with Gasteiger partial charge in [-0.2, -0.15) is 4.58 Å². The van der Waals surface area contributed by atoms with E-state index in [1.165, 1.54) is 66.0 Å². The van der Waals surface area contributed by atoms with Crippen molar-refractivity contribution >= 4 is 22.9 Å². The number of carbonyl (C=O) groups excluding carboxylic acids is 1. The van der Waals surface area contributed by atoms with Crippen LogP contribution in [0.3, 0.4) is 0 Å². The molecule has 0 saturated heterocycles. The monoisotopic (exact) mass is 607 g/mol. The molecular formula is C42H59N2O+. The van der Waals surface area contributed by atoms with E-state index in [-0.39, 0.29) is 10.8 Å². The van der Waals surface area contributed by atoms with Gasteiger partial charge in [-0.25, -0.2) is 0 Å². The minimum absolute atomic E-state index is 0.0163. The van der Waals surface area contributed by atoms with Crippen LogP contribution >= 0.6 is 0 Å². The summed E-state index contributed by atoms with van der Waals surface area (Å²) in [7, 11) is 2.17. The van der Waals surface area contributed by atoms with Crippen molar-refractivity contribution in [2.24, 2.45) is 5.92 Å². The van der Waals surface area contributed by atoms with Crippen molar-refractivity contribution < 1.29 is 9.37 Å². The molecule has 4 rings (SSSR count). The maximum atomic E-state index is 12.5. The summed E-state index contributed by atoms with van der Waals surface area (Å²) in [5, 5.41) is 0. The lowest BCUT2D eigenvalue weighted by Crippen LogP contribution is -2.27. The molecule has 2 aromatic rings. The van der Waals surface area contributed by atoms with E-state index >= 15 is 0 Å². The molecule has 0 amide bonds. The van der Waals surface area contributed by atoms with Gasteiger partial charge in [0.2, 0.25) is 5.69 Å². The number of unbranched alkanes of at least 4 members (excludes halogenated alkanes) is 6. The Bertz CT molecular complexity index is 1420. The van der Waals surface area contributed by atoms with E-state index in [4.69, 9.17) is 0 Å². The van der Waals surface area contributed by atoms with Gasteiger partial charge in [0.25, 0.3) is 0 Å². The highest BCUT2D eigenvalue weighted by atomic mass is 16.1. The Morgan fingerprint density at radius 1 is 0.756 bits per heavy atom. The standard InChI is InChI=1S/C42H59N2O/c1-33(2)23-13-9-8-10-14-24-34(45)25-15-12-22-32-44-38-29-21-19-27-36(38)42(5,6)40(44)31-17-11-16-30-39-41(3,4)35-26-18-20-28-37(35)43(39)7/h11,16-21,26-31,33H,8-10,12-15,22-25,32H2,1-7H3/q+1. The van der Waals surface area contributed by atoms with E-state index in [0.29, 0.717) is 5.78 Å². The van der Waals surface area contributed by atoms with E-state index in [9.17, 15) is 4.79 Å². The largest absolute Gasteiger partial charge is 0.344 e. The average Bonchev–Trinajstić information content (AvgIpc) is 3.34. The van der Waals surface area contributed by atoms with Crippen LogP contribution in [0.25, 0.3) is 0 Å². The first-order valence-electron chi connectivity index (χ1n) is 17.7. The molecule has 0 aliphatic carbocycles. The number of ketones is 1. The molecule has 0 fully saturated rings. The number of Topliss-reactive ketones (excluding diaryl/α,β-unsaturated/α-hetero) is 1. The summed E-state index contributed by atoms with van der Waals surface area (Å²) < 4.78 is 2.32. The topological polar surface area (TPSA) is 23.3 Å². The molecule has 2 aliphatic heterocycles. The van der Waals surface area contributed by atoms with Crippen LogP contribution in [0, 0.1) is 5.92 Å². The van der Waals surface area contributed by atoms with Gasteiger partial charge in [0.1, 0.15) is 12.8 Å². The Hall–Kier alpha value is -3.20. The summed E-state index contributed by atoms with van der Waals surface area (Å²) in [5.41, 5.74) is 7.97. The summed E-state index contributed by atoms with van der Waals surface area (Å²) in [5.74, 6) is 1.26. The van der Waals surface area contributed by atoms with E-state index < -0.39 is 0 Å². The van der Waals surface area contributed by atoms with Gasteiger partial charge in [0.05, 0.1) is 5.41 Å². The molecule has 0 atom stereocenters. The lowest BCUT2D eigenvalue weighted by Gasteiger charge is -2.27. The molecule has 0 radical (unpaired) electrons. The Morgan fingerprint density at radius 2 is 1.38 bits per heavy atom. The summed E-state index contributed by atoms with van der Waals surface area (Å²) in [6.07, 6.45) is 23.3. The van der Waals surface area contributed by atoms with Gasteiger partial charge in [-0.3, -0.25) is 4.79 Å². The molecule has 2 aliphatic rings. The maximum absolute atomic E-state index is 12.5. The van der Waals surface area contributed by atoms with Gasteiger partial charge >= 0.3 is 0 Å². The highest BCUT2D eigenvalue weighted by Crippen LogP contribution is 2.47. The van der Waals surface area contributed by atoms with Gasteiger partial charge in [-0.15, -0.1) is 0 Å². The lowest BCUT2D eigenvalue weighted by molar-refractivity contribution is -0.401. The average molecular weight is 608 g/mol. The fraction of sp³-hybridized carbons (Fsp3) is 0.524. The zero-order valence-electron chi connectivity index (χ0n) is 29.4. The number of anilines is 1. The van der Waals surface area contributed by atoms with Crippen LogP contribution < -0.4 is 4.90 Å². The molecule has 2 heterocycles. The third-order valence-corrected chi connectivity index (χ3v) is 10.0. The second-order valence-electron chi connectivity index (χ2n) is 14.7. The van der Waals surface area contributed by atoms with E-state index in [1.54, 1.807) is 0 Å². The first kappa shape index (κ1) is 34.7. The molecule has 242 valence electrons. The van der Waals surface area contributed by atoms with E-state index in [2.05, 4.69) is 137 Å². The smallest absolute Gasteiger partial charge is 0.209 e. The van der Waals surface area contributed by atoms with Crippen LogP contribution in [0.4, 0.5) is 11.4 Å². The maximum Gasteiger partial charge on any atom is 0.209 e. The summed E-state index contributed by atoms with van der Waals surface area (Å²) in [6, 6.07) is 17.6. The predicted molar refractivity (Wildman–Crippen MR) is 194 cm³/mol. The molecule has 0 N–H and O–H groups in total. The molecule has 0 aromatic heterocycles. The molecule has 2 aromatic carbocycles. The van der Waals surface area contributed by atoms with Crippen LogP contribution in [0.15, 0.2) is 84.6 Å². The molecule has 0 spiro atoms. The van der Waals surface area contributed by atoms with E-state index in [1.807, 2.05) is 0 Å². The number of nitrogens with zero attached hydrogens (tertiary/aromatic N) is 2. The number of benzene rings is 2. The number of hydrogen-bond donors (Lipinski definition) is 0. The van der Waals surface area contributed by atoms with Crippen LogP contribution in [-0.4, -0.2) is 29.7 Å². The summed E-state index contributed by atoms with van der Waals surface area (Å²) in [4.78, 5) is 15.0. The van der Waals surface area contributed by atoms with Crippen molar-refractivity contribution in [2.75, 3.05) is 18.5 Å². The zero-order valence-corrected chi connectivity index (χ0v) is 29.4. The highest BCUT2D eigenvalue weighted by Gasteiger charge is 2.42. The molecule has 0 saturated carbocycles. The van der Waals surface area contributed by atoms with Crippen LogP contribution in [0.1, 0.15) is 123 Å².